The third-order valence-corrected chi connectivity index (χ3v) is 5.15. The number of aromatic hydroxyl groups is 2. The van der Waals surface area contributed by atoms with Crippen molar-refractivity contribution in [1.82, 2.24) is 0 Å². The van der Waals surface area contributed by atoms with Crippen molar-refractivity contribution in [2.24, 2.45) is 0 Å². The summed E-state index contributed by atoms with van der Waals surface area (Å²) in [6.07, 6.45) is 7.66. The number of aryl methyl sites for hydroxylation is 1. The number of ether oxygens (including phenoxy) is 3. The lowest BCUT2D eigenvalue weighted by Crippen LogP contribution is -2.06. The molecule has 2 heterocycles. The maximum atomic E-state index is 8.65. The molecule has 0 radical (unpaired) electrons. The number of hydrogen-bond acceptors (Lipinski definition) is 5. The molecule has 0 bridgehead atoms. The van der Waals surface area contributed by atoms with Gasteiger partial charge in [0.15, 0.2) is 0 Å². The van der Waals surface area contributed by atoms with Crippen LogP contribution in [-0.2, 0) is 20.6 Å². The summed E-state index contributed by atoms with van der Waals surface area (Å²) in [4.78, 5) is 0. The van der Waals surface area contributed by atoms with Gasteiger partial charge in [0.25, 0.3) is 0 Å². The first-order valence-corrected chi connectivity index (χ1v) is 10.6. The molecule has 3 aliphatic rings. The Kier molecular flexibility index (Phi) is 7.20. The summed E-state index contributed by atoms with van der Waals surface area (Å²) in [5.74, 6) is 0.339. The summed E-state index contributed by atoms with van der Waals surface area (Å²) in [6.45, 7) is 3.26. The highest BCUT2D eigenvalue weighted by atomic mass is 16.6. The second kappa shape index (κ2) is 10.4. The van der Waals surface area contributed by atoms with E-state index >= 15 is 0 Å². The van der Waals surface area contributed by atoms with E-state index < -0.39 is 0 Å². The molecule has 2 unspecified atom stereocenters. The number of rotatable bonds is 4. The second-order valence-electron chi connectivity index (χ2n) is 7.80. The van der Waals surface area contributed by atoms with Crippen LogP contribution in [0.5, 0.6) is 11.5 Å². The molecule has 3 aromatic carbocycles. The number of phenolic OH excluding ortho intramolecular Hbond substituents is 2. The van der Waals surface area contributed by atoms with Crippen LogP contribution in [0.25, 0.3) is 16.8 Å². The van der Waals surface area contributed by atoms with Gasteiger partial charge in [-0.3, -0.25) is 0 Å². The zero-order valence-corrected chi connectivity index (χ0v) is 17.4. The smallest absolute Gasteiger partial charge is 0.115 e. The van der Waals surface area contributed by atoms with Crippen LogP contribution in [0.4, 0.5) is 0 Å². The maximum absolute atomic E-state index is 8.65. The highest BCUT2D eigenvalue weighted by Crippen LogP contribution is 2.25. The molecule has 2 N–H and O–H groups in total. The van der Waals surface area contributed by atoms with Crippen molar-refractivity contribution in [2.45, 2.75) is 25.0 Å². The molecule has 2 fully saturated rings. The van der Waals surface area contributed by atoms with E-state index in [-0.39, 0.29) is 11.5 Å². The highest BCUT2D eigenvalue weighted by Gasteiger charge is 2.26. The molecule has 3 aromatic rings. The minimum absolute atomic E-state index is 0.169. The van der Waals surface area contributed by atoms with E-state index in [4.69, 9.17) is 24.4 Å². The highest BCUT2D eigenvalue weighted by molar-refractivity contribution is 5.86. The molecule has 5 nitrogen and oxygen atoms in total. The topological polar surface area (TPSA) is 74.8 Å². The molecule has 2 aliphatic heterocycles. The van der Waals surface area contributed by atoms with Crippen molar-refractivity contribution < 1.29 is 24.4 Å². The van der Waals surface area contributed by atoms with Crippen LogP contribution in [0.3, 0.4) is 0 Å². The minimum atomic E-state index is 0.169. The number of hydrogen-bond donors (Lipinski definition) is 2. The van der Waals surface area contributed by atoms with Crippen molar-refractivity contribution in [3.8, 4) is 11.5 Å². The Balaban J connectivity index is 0.000000119. The number of benzene rings is 3. The number of phenols is 2. The molecular weight excluding hydrogens is 392 g/mol. The predicted octanol–water partition coefficient (Wildman–Crippen LogP) is 4.70. The van der Waals surface area contributed by atoms with Gasteiger partial charge in [-0.1, -0.05) is 42.5 Å². The first kappa shape index (κ1) is 21.4. The summed E-state index contributed by atoms with van der Waals surface area (Å²) >= 11 is 0. The first-order chi connectivity index (χ1) is 15.2. The van der Waals surface area contributed by atoms with Crippen molar-refractivity contribution in [3.63, 3.8) is 0 Å². The summed E-state index contributed by atoms with van der Waals surface area (Å²) in [6, 6.07) is 18.9. The molecule has 31 heavy (non-hydrogen) atoms. The summed E-state index contributed by atoms with van der Waals surface area (Å²) in [7, 11) is 0. The fourth-order valence-corrected chi connectivity index (χ4v) is 3.24. The number of epoxide rings is 2. The van der Waals surface area contributed by atoms with Crippen LogP contribution in [0.2, 0.25) is 0 Å². The van der Waals surface area contributed by atoms with Crippen LogP contribution >= 0.6 is 0 Å². The van der Waals surface area contributed by atoms with Gasteiger partial charge in [0.1, 0.15) is 23.7 Å². The van der Waals surface area contributed by atoms with Gasteiger partial charge in [-0.2, -0.15) is 0 Å². The molecule has 1 aliphatic carbocycles. The lowest BCUT2D eigenvalue weighted by Gasteiger charge is -2.11. The molecule has 0 aromatic heterocycles. The molecule has 0 saturated carbocycles. The zero-order chi connectivity index (χ0) is 21.5. The summed E-state index contributed by atoms with van der Waals surface area (Å²) < 4.78 is 15.1. The average Bonchev–Trinajstić information content (AvgIpc) is 3.72. The van der Waals surface area contributed by atoms with E-state index in [2.05, 4.69) is 48.6 Å². The molecule has 6 rings (SSSR count). The molecular formula is C26H28O5. The summed E-state index contributed by atoms with van der Waals surface area (Å²) in [5.41, 5.74) is 2.89. The third-order valence-electron chi connectivity index (χ3n) is 5.15. The van der Waals surface area contributed by atoms with E-state index in [0.717, 1.165) is 26.4 Å². The number of allylic oxidation sites excluding steroid dienone is 1. The van der Waals surface area contributed by atoms with E-state index in [1.54, 1.807) is 0 Å². The van der Waals surface area contributed by atoms with E-state index in [9.17, 15) is 0 Å². The fraction of sp³-hybridized carbons (Fsp3) is 0.308. The molecule has 2 atom stereocenters. The van der Waals surface area contributed by atoms with Crippen molar-refractivity contribution >= 4 is 16.8 Å². The Morgan fingerprint density at radius 3 is 1.90 bits per heavy atom. The van der Waals surface area contributed by atoms with Crippen LogP contribution in [0.1, 0.15) is 17.5 Å². The van der Waals surface area contributed by atoms with Gasteiger partial charge >= 0.3 is 0 Å². The molecule has 2 saturated heterocycles. The van der Waals surface area contributed by atoms with Gasteiger partial charge < -0.3 is 24.4 Å². The molecule has 0 amide bonds. The van der Waals surface area contributed by atoms with Crippen molar-refractivity contribution in [2.75, 3.05) is 26.4 Å². The van der Waals surface area contributed by atoms with Gasteiger partial charge in [0.2, 0.25) is 0 Å². The lowest BCUT2D eigenvalue weighted by atomic mass is 9.94. The van der Waals surface area contributed by atoms with Crippen molar-refractivity contribution in [3.05, 3.63) is 77.9 Å². The molecule has 0 spiro atoms. The molecule has 162 valence electrons. The normalized spacial score (nSPS) is 20.0. The molecule has 5 heteroatoms. The average molecular weight is 421 g/mol. The lowest BCUT2D eigenvalue weighted by molar-refractivity contribution is 0.102. The Bertz CT molecular complexity index is 971. The van der Waals surface area contributed by atoms with Crippen LogP contribution in [0, 0.1) is 0 Å². The van der Waals surface area contributed by atoms with E-state index in [1.165, 1.54) is 59.0 Å². The minimum Gasteiger partial charge on any atom is -0.508 e. The SMILES string of the molecule is C(OCC1CO1)C1CO1.C1=Cc2cc3ccccc3cc2CC1.Oc1ccc(O)cc1. The van der Waals surface area contributed by atoms with Crippen molar-refractivity contribution in [1.29, 1.82) is 0 Å². The van der Waals surface area contributed by atoms with E-state index in [0.29, 0.717) is 12.2 Å². The Labute approximate surface area is 182 Å². The van der Waals surface area contributed by atoms with E-state index in [1.807, 2.05) is 0 Å². The second-order valence-corrected chi connectivity index (χ2v) is 7.80. The van der Waals surface area contributed by atoms with Gasteiger partial charge in [-0.05, 0) is 65.1 Å². The van der Waals surface area contributed by atoms with Gasteiger partial charge in [-0.25, -0.2) is 0 Å². The van der Waals surface area contributed by atoms with Crippen LogP contribution in [-0.4, -0.2) is 48.8 Å². The fourth-order valence-electron chi connectivity index (χ4n) is 3.24. The van der Waals surface area contributed by atoms with Gasteiger partial charge in [-0.15, -0.1) is 0 Å². The predicted molar refractivity (Wildman–Crippen MR) is 121 cm³/mol. The quantitative estimate of drug-likeness (QED) is 0.473. The first-order valence-electron chi connectivity index (χ1n) is 10.6. The standard InChI is InChI=1S/C14H12.C6H10O3.C6H6O2/c1-2-6-12-10-14-8-4-3-7-13(14)9-11(12)5-1;1(5-3-8-5)7-2-6-4-9-6;7-5-1-2-6(8)4-3-5/h1-3,5-7,9-10H,4,8H2;5-6H,1-4H2;1-4,7-8H. The largest absolute Gasteiger partial charge is 0.508 e. The number of fused-ring (bicyclic) bond motifs is 2. The zero-order valence-electron chi connectivity index (χ0n) is 17.4. The summed E-state index contributed by atoms with van der Waals surface area (Å²) in [5, 5.41) is 20.0. The third kappa shape index (κ3) is 7.10. The van der Waals surface area contributed by atoms with Gasteiger partial charge in [0, 0.05) is 0 Å². The maximum Gasteiger partial charge on any atom is 0.115 e. The monoisotopic (exact) mass is 420 g/mol. The Hall–Kier alpha value is -2.86. The van der Waals surface area contributed by atoms with Crippen LogP contribution in [0.15, 0.2) is 66.7 Å². The van der Waals surface area contributed by atoms with Gasteiger partial charge in [0.05, 0.1) is 26.4 Å². The Morgan fingerprint density at radius 2 is 1.35 bits per heavy atom. The van der Waals surface area contributed by atoms with Crippen LogP contribution < -0.4 is 0 Å². The Morgan fingerprint density at radius 1 is 0.806 bits per heavy atom.